The number of sulfonamides is 2. The molecule has 0 aromatic heterocycles. The number of nitrogens with one attached hydrogen (secondary N) is 4. The fraction of sp³-hybridized carbons (Fsp3) is 0.111. The van der Waals surface area contributed by atoms with Gasteiger partial charge in [0.1, 0.15) is 17.5 Å². The molecule has 22 heteroatoms. The van der Waals surface area contributed by atoms with Crippen molar-refractivity contribution in [2.45, 2.75) is 35.3 Å². The van der Waals surface area contributed by atoms with Gasteiger partial charge in [-0.3, -0.25) is 9.59 Å². The van der Waals surface area contributed by atoms with E-state index in [9.17, 15) is 46.2 Å². The van der Waals surface area contributed by atoms with Gasteiger partial charge in [-0.15, -0.1) is 0 Å². The van der Waals surface area contributed by atoms with E-state index in [-0.39, 0.29) is 77.6 Å². The number of aromatic hydroxyl groups is 2. The predicted molar refractivity (Wildman–Crippen MR) is 252 cm³/mol. The number of esters is 1. The van der Waals surface area contributed by atoms with E-state index in [0.717, 1.165) is 18.2 Å². The van der Waals surface area contributed by atoms with Gasteiger partial charge >= 0.3 is 11.9 Å². The SMILES string of the molecule is COC(=O)C(Cc1ccc(NC(=O)c2c(Cl)cccc2Cl)cc1)NC(=O)c1ccc(S(=O)(=O)NCc2cccc(O)c2)cc1Cl.O=C(O)c1ccc(S(=O)(=O)NCc2cccc(O)c2)cc1Cl. The number of phenols is 2. The molecule has 2 amide bonds. The average Bonchev–Trinajstić information content (AvgIpc) is 3.28. The van der Waals surface area contributed by atoms with E-state index < -0.39 is 49.8 Å². The quantitative estimate of drug-likeness (QED) is 0.0458. The Morgan fingerprint density at radius 3 is 1.51 bits per heavy atom. The van der Waals surface area contributed by atoms with Crippen LogP contribution in [0.5, 0.6) is 11.5 Å². The molecule has 0 fully saturated rings. The molecule has 6 rings (SSSR count). The highest BCUT2D eigenvalue weighted by Gasteiger charge is 2.25. The zero-order valence-corrected chi connectivity index (χ0v) is 39.3. The van der Waals surface area contributed by atoms with Gasteiger partial charge in [0.05, 0.1) is 53.7 Å². The number of carboxylic acids is 1. The molecular formula is C45H38Cl4N4O12S2. The summed E-state index contributed by atoms with van der Waals surface area (Å²) >= 11 is 24.3. The number of carbonyl (C=O) groups excluding carboxylic acids is 3. The van der Waals surface area contributed by atoms with Gasteiger partial charge in [-0.2, -0.15) is 0 Å². The molecule has 0 saturated heterocycles. The van der Waals surface area contributed by atoms with Gasteiger partial charge in [-0.1, -0.05) is 88.9 Å². The van der Waals surface area contributed by atoms with Crippen molar-refractivity contribution in [3.63, 3.8) is 0 Å². The van der Waals surface area contributed by atoms with E-state index in [0.29, 0.717) is 22.4 Å². The van der Waals surface area contributed by atoms with E-state index in [1.54, 1.807) is 66.7 Å². The highest BCUT2D eigenvalue weighted by molar-refractivity contribution is 7.89. The molecule has 0 aliphatic heterocycles. The van der Waals surface area contributed by atoms with Gasteiger partial charge in [0, 0.05) is 25.2 Å². The van der Waals surface area contributed by atoms with Crippen LogP contribution in [0.2, 0.25) is 20.1 Å². The molecular weight excluding hydrogens is 994 g/mol. The first-order valence-electron chi connectivity index (χ1n) is 19.3. The third kappa shape index (κ3) is 14.4. The molecule has 7 N–H and O–H groups in total. The average molecular weight is 1030 g/mol. The first-order valence-corrected chi connectivity index (χ1v) is 23.8. The number of phenolic OH excluding ortho intramolecular Hbond substituents is 2. The van der Waals surface area contributed by atoms with E-state index in [4.69, 9.17) is 56.2 Å². The number of aromatic carboxylic acids is 1. The van der Waals surface area contributed by atoms with Crippen molar-refractivity contribution in [2.24, 2.45) is 0 Å². The second kappa shape index (κ2) is 23.0. The fourth-order valence-electron chi connectivity index (χ4n) is 5.98. The Morgan fingerprint density at radius 1 is 0.582 bits per heavy atom. The monoisotopic (exact) mass is 1030 g/mol. The lowest BCUT2D eigenvalue weighted by molar-refractivity contribution is -0.142. The Bertz CT molecular complexity index is 3030. The summed E-state index contributed by atoms with van der Waals surface area (Å²) in [6, 6.07) is 29.4. The van der Waals surface area contributed by atoms with Crippen LogP contribution in [0.15, 0.2) is 137 Å². The number of carbonyl (C=O) groups is 4. The van der Waals surface area contributed by atoms with Crippen LogP contribution in [0, 0.1) is 0 Å². The van der Waals surface area contributed by atoms with Crippen LogP contribution in [0.4, 0.5) is 5.69 Å². The molecule has 6 aromatic carbocycles. The number of hydrogen-bond donors (Lipinski definition) is 7. The topological polar surface area (TPSA) is 255 Å². The summed E-state index contributed by atoms with van der Waals surface area (Å²) in [6.45, 7) is -0.102. The van der Waals surface area contributed by atoms with E-state index >= 15 is 0 Å². The largest absolute Gasteiger partial charge is 0.508 e. The Labute approximate surface area is 404 Å². The molecule has 0 spiro atoms. The second-order valence-electron chi connectivity index (χ2n) is 14.1. The Balaban J connectivity index is 0.000000319. The summed E-state index contributed by atoms with van der Waals surface area (Å²) in [6.07, 6.45) is 0.0338. The molecule has 0 radical (unpaired) electrons. The van der Waals surface area contributed by atoms with Gasteiger partial charge < -0.3 is 30.7 Å². The summed E-state index contributed by atoms with van der Waals surface area (Å²) < 4.78 is 59.5. The van der Waals surface area contributed by atoms with Crippen molar-refractivity contribution in [1.29, 1.82) is 0 Å². The molecule has 6 aromatic rings. The standard InChI is InChI=1S/C31H26Cl3N3O7S.C14H12ClNO5S/c1-44-31(41)27(15-18-8-10-20(11-9-18)36-30(40)28-24(32)6-3-7-25(28)33)37-29(39)23-13-12-22(16-26(23)34)45(42,43)35-17-19-4-2-5-21(38)14-19;15-13-7-11(4-5-12(13)14(18)19)22(20,21)16-8-9-2-1-3-10(17)6-9/h2-14,16,27,35,38H,15,17H2,1H3,(H,36,40)(H,37,39);1-7,16-17H,8H2,(H,18,19). The molecule has 350 valence electrons. The maximum absolute atomic E-state index is 13.1. The van der Waals surface area contributed by atoms with Crippen molar-refractivity contribution in [2.75, 3.05) is 12.4 Å². The van der Waals surface area contributed by atoms with Crippen LogP contribution in [-0.4, -0.2) is 69.1 Å². The minimum atomic E-state index is -4.01. The third-order valence-corrected chi connectivity index (χ3v) is 13.4. The van der Waals surface area contributed by atoms with Crippen LogP contribution >= 0.6 is 46.4 Å². The zero-order chi connectivity index (χ0) is 49.1. The van der Waals surface area contributed by atoms with E-state index in [1.807, 2.05) is 0 Å². The lowest BCUT2D eigenvalue weighted by Crippen LogP contribution is -2.43. The first kappa shape index (κ1) is 51.8. The zero-order valence-electron chi connectivity index (χ0n) is 34.7. The number of rotatable bonds is 16. The normalized spacial score (nSPS) is 11.7. The minimum Gasteiger partial charge on any atom is -0.508 e. The van der Waals surface area contributed by atoms with Crippen molar-refractivity contribution < 1.29 is 56.1 Å². The summed E-state index contributed by atoms with van der Waals surface area (Å²) in [4.78, 5) is 48.8. The lowest BCUT2D eigenvalue weighted by Gasteiger charge is -2.18. The van der Waals surface area contributed by atoms with Gasteiger partial charge in [0.2, 0.25) is 20.0 Å². The van der Waals surface area contributed by atoms with Gasteiger partial charge in [0.25, 0.3) is 11.8 Å². The van der Waals surface area contributed by atoms with Gasteiger partial charge in [0.15, 0.2) is 0 Å². The molecule has 16 nitrogen and oxygen atoms in total. The first-order chi connectivity index (χ1) is 31.7. The molecule has 0 saturated carbocycles. The number of anilines is 1. The van der Waals surface area contributed by atoms with Crippen LogP contribution < -0.4 is 20.1 Å². The number of hydrogen-bond acceptors (Lipinski definition) is 11. The molecule has 1 unspecified atom stereocenters. The van der Waals surface area contributed by atoms with Crippen LogP contribution in [0.1, 0.15) is 47.8 Å². The second-order valence-corrected chi connectivity index (χ2v) is 19.2. The third-order valence-electron chi connectivity index (χ3n) is 9.36. The van der Waals surface area contributed by atoms with E-state index in [1.165, 1.54) is 49.6 Å². The summed E-state index contributed by atoms with van der Waals surface area (Å²) in [5.41, 5.74) is 2.09. The Morgan fingerprint density at radius 2 is 1.06 bits per heavy atom. The smallest absolute Gasteiger partial charge is 0.337 e. The molecule has 67 heavy (non-hydrogen) atoms. The molecule has 0 bridgehead atoms. The maximum Gasteiger partial charge on any atom is 0.337 e. The number of amides is 2. The maximum atomic E-state index is 13.1. The van der Waals surface area contributed by atoms with Crippen LogP contribution in [0.3, 0.4) is 0 Å². The van der Waals surface area contributed by atoms with Crippen molar-refractivity contribution in [3.8, 4) is 11.5 Å². The highest BCUT2D eigenvalue weighted by Crippen LogP contribution is 2.27. The van der Waals surface area contributed by atoms with Gasteiger partial charge in [-0.05, 0) is 102 Å². The summed E-state index contributed by atoms with van der Waals surface area (Å²) in [5.74, 6) is -3.16. The summed E-state index contributed by atoms with van der Waals surface area (Å²) in [7, 11) is -6.68. The number of ether oxygens (including phenoxy) is 1. The van der Waals surface area contributed by atoms with Crippen LogP contribution in [-0.2, 0) is 49.1 Å². The summed E-state index contributed by atoms with van der Waals surface area (Å²) in [5, 5.41) is 33.1. The van der Waals surface area contributed by atoms with Crippen molar-refractivity contribution in [3.05, 3.63) is 181 Å². The number of methoxy groups -OCH3 is 1. The molecule has 0 aliphatic rings. The minimum absolute atomic E-state index is 0.00350. The number of carboxylic acid groups (broad SMARTS) is 1. The van der Waals surface area contributed by atoms with E-state index in [2.05, 4.69) is 20.1 Å². The lowest BCUT2D eigenvalue weighted by atomic mass is 10.0. The Kier molecular flexibility index (Phi) is 17.8. The predicted octanol–water partition coefficient (Wildman–Crippen LogP) is 7.82. The fourth-order valence-corrected chi connectivity index (χ4v) is 9.29. The van der Waals surface area contributed by atoms with Crippen LogP contribution in [0.25, 0.3) is 0 Å². The molecule has 0 heterocycles. The number of benzene rings is 6. The Hall–Kier alpha value is -6.22. The highest BCUT2D eigenvalue weighted by atomic mass is 35.5. The molecule has 1 atom stereocenters. The van der Waals surface area contributed by atoms with Crippen molar-refractivity contribution >= 4 is 95.9 Å². The van der Waals surface area contributed by atoms with Crippen molar-refractivity contribution in [1.82, 2.24) is 14.8 Å². The van der Waals surface area contributed by atoms with Gasteiger partial charge in [-0.25, -0.2) is 35.9 Å². The number of halogens is 4. The molecule has 0 aliphatic carbocycles.